The summed E-state index contributed by atoms with van der Waals surface area (Å²) >= 11 is 0. The lowest BCUT2D eigenvalue weighted by molar-refractivity contribution is -0.124. The molecule has 1 aromatic carbocycles. The third-order valence-electron chi connectivity index (χ3n) is 3.04. The van der Waals surface area contributed by atoms with E-state index in [4.69, 9.17) is 9.47 Å². The van der Waals surface area contributed by atoms with Gasteiger partial charge < -0.3 is 14.8 Å². The number of hydrogen-bond acceptors (Lipinski definition) is 4. The van der Waals surface area contributed by atoms with E-state index >= 15 is 0 Å². The smallest absolute Gasteiger partial charge is 0.258 e. The van der Waals surface area contributed by atoms with Crippen molar-refractivity contribution in [1.82, 2.24) is 5.32 Å². The molecule has 0 bridgehead atoms. The number of rotatable bonds is 5. The van der Waals surface area contributed by atoms with E-state index in [1.807, 2.05) is 0 Å². The van der Waals surface area contributed by atoms with Crippen molar-refractivity contribution < 1.29 is 23.5 Å². The molecule has 1 aromatic rings. The van der Waals surface area contributed by atoms with Crippen LogP contribution in [-0.2, 0) is 9.53 Å². The first-order valence-electron chi connectivity index (χ1n) is 6.43. The van der Waals surface area contributed by atoms with Gasteiger partial charge in [-0.15, -0.1) is 0 Å². The third-order valence-corrected chi connectivity index (χ3v) is 3.04. The maximum atomic E-state index is 13.5. The summed E-state index contributed by atoms with van der Waals surface area (Å²) in [6.07, 6.45) is 2.09. The summed E-state index contributed by atoms with van der Waals surface area (Å²) in [4.78, 5) is 22.1. The van der Waals surface area contributed by atoms with E-state index in [2.05, 4.69) is 5.32 Å². The van der Waals surface area contributed by atoms with Crippen LogP contribution >= 0.6 is 0 Å². The zero-order valence-corrected chi connectivity index (χ0v) is 10.9. The fraction of sp³-hybridized carbons (Fsp3) is 0.429. The second-order valence-electron chi connectivity index (χ2n) is 4.55. The normalized spacial score (nSPS) is 15.7. The average molecular weight is 281 g/mol. The van der Waals surface area contributed by atoms with Crippen LogP contribution in [0.2, 0.25) is 0 Å². The highest BCUT2D eigenvalue weighted by molar-refractivity contribution is 5.78. The maximum Gasteiger partial charge on any atom is 0.258 e. The van der Waals surface area contributed by atoms with Crippen molar-refractivity contribution in [1.29, 1.82) is 0 Å². The van der Waals surface area contributed by atoms with Gasteiger partial charge in [-0.1, -0.05) is 0 Å². The van der Waals surface area contributed by atoms with Gasteiger partial charge in [0.2, 0.25) is 0 Å². The Hall–Kier alpha value is -1.95. The van der Waals surface area contributed by atoms with Crippen LogP contribution in [0, 0.1) is 5.82 Å². The Kier molecular flexibility index (Phi) is 5.06. The first kappa shape index (κ1) is 14.5. The number of carbonyl (C=O) groups is 2. The van der Waals surface area contributed by atoms with Crippen molar-refractivity contribution in [2.75, 3.05) is 19.8 Å². The molecule has 1 saturated heterocycles. The number of aldehydes is 1. The number of ether oxygens (including phenoxy) is 2. The highest BCUT2D eigenvalue weighted by Gasteiger charge is 2.16. The predicted molar refractivity (Wildman–Crippen MR) is 69.3 cm³/mol. The molecule has 0 radical (unpaired) electrons. The summed E-state index contributed by atoms with van der Waals surface area (Å²) < 4.78 is 23.8. The minimum atomic E-state index is -0.659. The lowest BCUT2D eigenvalue weighted by Gasteiger charge is -2.23. The fourth-order valence-corrected chi connectivity index (χ4v) is 1.96. The number of hydrogen-bond donors (Lipinski definition) is 1. The second-order valence-corrected chi connectivity index (χ2v) is 4.55. The van der Waals surface area contributed by atoms with Crippen molar-refractivity contribution in [2.24, 2.45) is 0 Å². The number of carbonyl (C=O) groups excluding carboxylic acids is 2. The van der Waals surface area contributed by atoms with Gasteiger partial charge >= 0.3 is 0 Å². The van der Waals surface area contributed by atoms with E-state index in [0.29, 0.717) is 19.5 Å². The molecule has 20 heavy (non-hydrogen) atoms. The molecule has 6 heteroatoms. The first-order valence-corrected chi connectivity index (χ1v) is 6.43. The lowest BCUT2D eigenvalue weighted by Crippen LogP contribution is -2.41. The fourth-order valence-electron chi connectivity index (χ4n) is 1.96. The lowest BCUT2D eigenvalue weighted by atomic mass is 10.1. The van der Waals surface area contributed by atoms with E-state index in [1.165, 1.54) is 12.1 Å². The quantitative estimate of drug-likeness (QED) is 0.827. The largest absolute Gasteiger partial charge is 0.481 e. The van der Waals surface area contributed by atoms with Crippen LogP contribution < -0.4 is 10.1 Å². The van der Waals surface area contributed by atoms with Crippen molar-refractivity contribution in [3.05, 3.63) is 29.6 Å². The summed E-state index contributed by atoms with van der Waals surface area (Å²) in [6.45, 7) is 1.01. The van der Waals surface area contributed by atoms with Gasteiger partial charge in [0.15, 0.2) is 18.2 Å². The van der Waals surface area contributed by atoms with Gasteiger partial charge in [-0.2, -0.15) is 0 Å². The number of benzene rings is 1. The molecule has 0 unspecified atom stereocenters. The Morgan fingerprint density at radius 3 is 2.85 bits per heavy atom. The van der Waals surface area contributed by atoms with Crippen LogP contribution in [0.25, 0.3) is 0 Å². The minimum Gasteiger partial charge on any atom is -0.481 e. The van der Waals surface area contributed by atoms with Crippen LogP contribution in [0.1, 0.15) is 23.2 Å². The molecule has 1 aliphatic heterocycles. The van der Waals surface area contributed by atoms with Gasteiger partial charge in [0.05, 0.1) is 0 Å². The van der Waals surface area contributed by atoms with Crippen molar-refractivity contribution in [3.8, 4) is 5.75 Å². The van der Waals surface area contributed by atoms with Crippen LogP contribution in [0.15, 0.2) is 18.2 Å². The molecule has 1 N–H and O–H groups in total. The molecule has 108 valence electrons. The summed E-state index contributed by atoms with van der Waals surface area (Å²) in [5.41, 5.74) is 0.224. The SMILES string of the molecule is O=Cc1ccc(OCC(=O)NC2CCOCC2)c(F)c1. The van der Waals surface area contributed by atoms with Gasteiger partial charge in [-0.3, -0.25) is 9.59 Å². The maximum absolute atomic E-state index is 13.5. The monoisotopic (exact) mass is 281 g/mol. The van der Waals surface area contributed by atoms with E-state index in [0.717, 1.165) is 18.9 Å². The van der Waals surface area contributed by atoms with Gasteiger partial charge in [0, 0.05) is 24.8 Å². The summed E-state index contributed by atoms with van der Waals surface area (Å²) in [7, 11) is 0. The number of amides is 1. The molecule has 1 fully saturated rings. The first-order chi connectivity index (χ1) is 9.69. The zero-order valence-electron chi connectivity index (χ0n) is 10.9. The topological polar surface area (TPSA) is 64.6 Å². The van der Waals surface area contributed by atoms with Gasteiger partial charge in [0.25, 0.3) is 5.91 Å². The molecule has 1 heterocycles. The summed E-state index contributed by atoms with van der Waals surface area (Å²) in [6, 6.07) is 3.92. The Morgan fingerprint density at radius 1 is 1.45 bits per heavy atom. The van der Waals surface area contributed by atoms with Gasteiger partial charge in [-0.25, -0.2) is 4.39 Å². The molecule has 0 aliphatic carbocycles. The molecular formula is C14H16FNO4. The van der Waals surface area contributed by atoms with Crippen LogP contribution in [0.3, 0.4) is 0 Å². The van der Waals surface area contributed by atoms with Crippen molar-refractivity contribution in [2.45, 2.75) is 18.9 Å². The molecule has 1 amide bonds. The molecule has 0 spiro atoms. The zero-order chi connectivity index (χ0) is 14.4. The second kappa shape index (κ2) is 7.00. The molecule has 2 rings (SSSR count). The standard InChI is InChI=1S/C14H16FNO4/c15-12-7-10(8-17)1-2-13(12)20-9-14(18)16-11-3-5-19-6-4-11/h1-2,7-8,11H,3-6,9H2,(H,16,18). The molecule has 0 saturated carbocycles. The van der Waals surface area contributed by atoms with Gasteiger partial charge in [0.1, 0.15) is 6.29 Å². The Labute approximate surface area is 116 Å². The molecular weight excluding hydrogens is 265 g/mol. The average Bonchev–Trinajstić information content (AvgIpc) is 2.47. The van der Waals surface area contributed by atoms with E-state index in [-0.39, 0.29) is 29.9 Å². The van der Waals surface area contributed by atoms with E-state index < -0.39 is 5.82 Å². The van der Waals surface area contributed by atoms with Crippen LogP contribution in [-0.4, -0.2) is 38.1 Å². The Morgan fingerprint density at radius 2 is 2.20 bits per heavy atom. The Bertz CT molecular complexity index is 486. The van der Waals surface area contributed by atoms with Gasteiger partial charge in [-0.05, 0) is 31.0 Å². The van der Waals surface area contributed by atoms with E-state index in [9.17, 15) is 14.0 Å². The molecule has 0 aromatic heterocycles. The third kappa shape index (κ3) is 4.03. The van der Waals surface area contributed by atoms with Crippen LogP contribution in [0.5, 0.6) is 5.75 Å². The molecule has 1 aliphatic rings. The minimum absolute atomic E-state index is 0.0438. The van der Waals surface area contributed by atoms with Crippen molar-refractivity contribution >= 4 is 12.2 Å². The molecule has 0 atom stereocenters. The summed E-state index contributed by atoms with van der Waals surface area (Å²) in [5, 5.41) is 2.81. The number of halogens is 1. The van der Waals surface area contributed by atoms with Crippen LogP contribution in [0.4, 0.5) is 4.39 Å². The highest BCUT2D eigenvalue weighted by Crippen LogP contribution is 2.17. The summed E-state index contributed by atoms with van der Waals surface area (Å²) in [5.74, 6) is -0.998. The van der Waals surface area contributed by atoms with E-state index in [1.54, 1.807) is 0 Å². The predicted octanol–water partition coefficient (Wildman–Crippen LogP) is 1.31. The molecule has 5 nitrogen and oxygen atoms in total. The van der Waals surface area contributed by atoms with Crippen molar-refractivity contribution in [3.63, 3.8) is 0 Å². The number of nitrogens with one attached hydrogen (secondary N) is 1. The highest BCUT2D eigenvalue weighted by atomic mass is 19.1. The Balaban J connectivity index is 1.82.